The molecule has 4 amide bonds. The lowest BCUT2D eigenvalue weighted by Crippen LogP contribution is -2.39. The maximum atomic E-state index is 12.5. The van der Waals surface area contributed by atoms with Gasteiger partial charge in [0.05, 0.1) is 18.2 Å². The molecule has 0 saturated carbocycles. The zero-order valence-corrected chi connectivity index (χ0v) is 14.6. The zero-order valence-electron chi connectivity index (χ0n) is 14.6. The molecule has 1 fully saturated rings. The van der Waals surface area contributed by atoms with Crippen LogP contribution in [0.3, 0.4) is 0 Å². The van der Waals surface area contributed by atoms with Crippen LogP contribution in [0.2, 0.25) is 0 Å². The summed E-state index contributed by atoms with van der Waals surface area (Å²) in [7, 11) is 1.33. The maximum Gasteiger partial charge on any atom is 0.409 e. The third-order valence-corrected chi connectivity index (χ3v) is 4.71. The van der Waals surface area contributed by atoms with Gasteiger partial charge in [0.1, 0.15) is 0 Å². The van der Waals surface area contributed by atoms with Crippen LogP contribution in [0.5, 0.6) is 0 Å². The van der Waals surface area contributed by atoms with Gasteiger partial charge in [-0.1, -0.05) is 12.1 Å². The number of carbonyl (C=O) groups excluding carboxylic acids is 4. The van der Waals surface area contributed by atoms with Crippen LogP contribution in [0.25, 0.3) is 0 Å². The number of benzene rings is 1. The van der Waals surface area contributed by atoms with Gasteiger partial charge in [0.25, 0.3) is 11.8 Å². The van der Waals surface area contributed by atoms with E-state index in [4.69, 9.17) is 4.74 Å². The first-order valence-corrected chi connectivity index (χ1v) is 8.59. The number of fused-ring (bicyclic) bond motifs is 1. The summed E-state index contributed by atoms with van der Waals surface area (Å²) in [5, 5.41) is 0. The molecule has 0 atom stereocenters. The van der Waals surface area contributed by atoms with Crippen LogP contribution in [0.15, 0.2) is 24.3 Å². The molecule has 1 aromatic carbocycles. The van der Waals surface area contributed by atoms with Gasteiger partial charge in [0, 0.05) is 39.1 Å². The summed E-state index contributed by atoms with van der Waals surface area (Å²) in [6.07, 6.45) is 0.336. The molecule has 2 aliphatic heterocycles. The standard InChI is InChI=1S/C18H21N3O5/c1-26-18(25)20-9-4-8-19(11-12-20)15(22)7-10-21-16(23)13-5-2-3-6-14(13)17(21)24/h2-3,5-6H,4,7-12H2,1H3. The van der Waals surface area contributed by atoms with Crippen LogP contribution < -0.4 is 0 Å². The average Bonchev–Trinajstić information content (AvgIpc) is 2.84. The Morgan fingerprint density at radius 3 is 2.15 bits per heavy atom. The van der Waals surface area contributed by atoms with Gasteiger partial charge in [-0.3, -0.25) is 19.3 Å². The second kappa shape index (κ2) is 7.55. The molecule has 3 rings (SSSR count). The van der Waals surface area contributed by atoms with E-state index in [9.17, 15) is 19.2 Å². The summed E-state index contributed by atoms with van der Waals surface area (Å²) >= 11 is 0. The Morgan fingerprint density at radius 1 is 0.962 bits per heavy atom. The topological polar surface area (TPSA) is 87.2 Å². The van der Waals surface area contributed by atoms with Crippen LogP contribution in [0.1, 0.15) is 33.6 Å². The van der Waals surface area contributed by atoms with Crippen molar-refractivity contribution in [3.8, 4) is 0 Å². The SMILES string of the molecule is COC(=O)N1CCCN(C(=O)CCN2C(=O)c3ccccc3C2=O)CC1. The fourth-order valence-corrected chi connectivity index (χ4v) is 3.29. The first-order chi connectivity index (χ1) is 12.5. The predicted octanol–water partition coefficient (Wildman–Crippen LogP) is 0.973. The van der Waals surface area contributed by atoms with Crippen molar-refractivity contribution in [2.45, 2.75) is 12.8 Å². The van der Waals surface area contributed by atoms with Crippen LogP contribution in [-0.4, -0.2) is 78.3 Å². The van der Waals surface area contributed by atoms with E-state index in [1.165, 1.54) is 7.11 Å². The van der Waals surface area contributed by atoms with E-state index in [-0.39, 0.29) is 30.7 Å². The summed E-state index contributed by atoms with van der Waals surface area (Å²) in [5.74, 6) is -0.842. The van der Waals surface area contributed by atoms with Gasteiger partial charge in [0.2, 0.25) is 5.91 Å². The van der Waals surface area contributed by atoms with Gasteiger partial charge >= 0.3 is 6.09 Å². The minimum atomic E-state index is -0.398. The van der Waals surface area contributed by atoms with E-state index >= 15 is 0 Å². The molecule has 0 aromatic heterocycles. The smallest absolute Gasteiger partial charge is 0.409 e. The van der Waals surface area contributed by atoms with E-state index in [2.05, 4.69) is 0 Å². The Balaban J connectivity index is 1.56. The van der Waals surface area contributed by atoms with E-state index in [0.29, 0.717) is 43.7 Å². The number of hydrogen-bond acceptors (Lipinski definition) is 5. The van der Waals surface area contributed by atoms with Gasteiger partial charge in [0.15, 0.2) is 0 Å². The summed E-state index contributed by atoms with van der Waals surface area (Å²) in [5.41, 5.74) is 0.766. The highest BCUT2D eigenvalue weighted by atomic mass is 16.5. The summed E-state index contributed by atoms with van der Waals surface area (Å²) < 4.78 is 4.71. The third kappa shape index (κ3) is 3.40. The quantitative estimate of drug-likeness (QED) is 0.751. The van der Waals surface area contributed by atoms with Crippen molar-refractivity contribution in [2.75, 3.05) is 39.8 Å². The maximum absolute atomic E-state index is 12.5. The summed E-state index contributed by atoms with van der Waals surface area (Å²) in [4.78, 5) is 53.1. The molecule has 0 bridgehead atoms. The van der Waals surface area contributed by atoms with Crippen molar-refractivity contribution in [3.05, 3.63) is 35.4 Å². The Labute approximate surface area is 151 Å². The molecule has 2 aliphatic rings. The lowest BCUT2D eigenvalue weighted by Gasteiger charge is -2.22. The summed E-state index contributed by atoms with van der Waals surface area (Å²) in [6, 6.07) is 6.66. The lowest BCUT2D eigenvalue weighted by molar-refractivity contribution is -0.131. The molecule has 8 nitrogen and oxygen atoms in total. The highest BCUT2D eigenvalue weighted by Gasteiger charge is 2.35. The minimum absolute atomic E-state index is 0.0579. The number of carbonyl (C=O) groups is 4. The molecule has 0 radical (unpaired) electrons. The van der Waals surface area contributed by atoms with Gasteiger partial charge in [-0.15, -0.1) is 0 Å². The van der Waals surface area contributed by atoms with E-state index in [1.807, 2.05) is 0 Å². The van der Waals surface area contributed by atoms with Gasteiger partial charge in [-0.05, 0) is 18.6 Å². The minimum Gasteiger partial charge on any atom is -0.453 e. The number of amides is 4. The molecule has 0 aliphatic carbocycles. The molecule has 1 saturated heterocycles. The molecule has 26 heavy (non-hydrogen) atoms. The van der Waals surface area contributed by atoms with Crippen LogP contribution >= 0.6 is 0 Å². The third-order valence-electron chi connectivity index (χ3n) is 4.71. The largest absolute Gasteiger partial charge is 0.453 e. The molecule has 8 heteroatoms. The molecule has 0 spiro atoms. The fraction of sp³-hybridized carbons (Fsp3) is 0.444. The van der Waals surface area contributed by atoms with E-state index in [1.54, 1.807) is 34.1 Å². The Bertz CT molecular complexity index is 713. The van der Waals surface area contributed by atoms with Crippen LogP contribution in [-0.2, 0) is 9.53 Å². The number of imide groups is 1. The normalized spacial score (nSPS) is 17.2. The van der Waals surface area contributed by atoms with Crippen molar-refractivity contribution in [2.24, 2.45) is 0 Å². The molecule has 138 valence electrons. The molecular weight excluding hydrogens is 338 g/mol. The fourth-order valence-electron chi connectivity index (χ4n) is 3.29. The second-order valence-electron chi connectivity index (χ2n) is 6.25. The molecular formula is C18H21N3O5. The van der Waals surface area contributed by atoms with Crippen LogP contribution in [0.4, 0.5) is 4.79 Å². The second-order valence-corrected chi connectivity index (χ2v) is 6.25. The lowest BCUT2D eigenvalue weighted by atomic mass is 10.1. The molecule has 0 N–H and O–H groups in total. The van der Waals surface area contributed by atoms with Crippen molar-refractivity contribution in [1.82, 2.24) is 14.7 Å². The number of methoxy groups -OCH3 is 1. The number of nitrogens with zero attached hydrogens (tertiary/aromatic N) is 3. The van der Waals surface area contributed by atoms with Gasteiger partial charge < -0.3 is 14.5 Å². The Kier molecular flexibility index (Phi) is 5.20. The Morgan fingerprint density at radius 2 is 1.54 bits per heavy atom. The first kappa shape index (κ1) is 17.9. The predicted molar refractivity (Wildman–Crippen MR) is 91.6 cm³/mol. The van der Waals surface area contributed by atoms with E-state index in [0.717, 1.165) is 4.90 Å². The van der Waals surface area contributed by atoms with Crippen molar-refractivity contribution in [1.29, 1.82) is 0 Å². The monoisotopic (exact) mass is 359 g/mol. The molecule has 0 unspecified atom stereocenters. The van der Waals surface area contributed by atoms with Gasteiger partial charge in [-0.2, -0.15) is 0 Å². The molecule has 1 aromatic rings. The number of hydrogen-bond donors (Lipinski definition) is 0. The highest BCUT2D eigenvalue weighted by molar-refractivity contribution is 6.21. The van der Waals surface area contributed by atoms with Crippen LogP contribution in [0, 0.1) is 0 Å². The van der Waals surface area contributed by atoms with Crippen molar-refractivity contribution in [3.63, 3.8) is 0 Å². The first-order valence-electron chi connectivity index (χ1n) is 8.59. The Hall–Kier alpha value is -2.90. The van der Waals surface area contributed by atoms with E-state index < -0.39 is 6.09 Å². The van der Waals surface area contributed by atoms with Crippen molar-refractivity contribution >= 4 is 23.8 Å². The van der Waals surface area contributed by atoms with Gasteiger partial charge in [-0.25, -0.2) is 4.79 Å². The molecule has 2 heterocycles. The number of ether oxygens (including phenoxy) is 1. The highest BCUT2D eigenvalue weighted by Crippen LogP contribution is 2.22. The average molecular weight is 359 g/mol. The van der Waals surface area contributed by atoms with Crippen molar-refractivity contribution < 1.29 is 23.9 Å². The zero-order chi connectivity index (χ0) is 18.7. The summed E-state index contributed by atoms with van der Waals surface area (Å²) in [6.45, 7) is 1.95. The number of rotatable bonds is 3.